The Kier molecular flexibility index (Phi) is 3.51. The molecule has 0 spiro atoms. The molecule has 0 aliphatic heterocycles. The lowest BCUT2D eigenvalue weighted by molar-refractivity contribution is 0.447. The zero-order chi connectivity index (χ0) is 11.5. The van der Waals surface area contributed by atoms with Crippen LogP contribution in [0.4, 0.5) is 0 Å². The van der Waals surface area contributed by atoms with Gasteiger partial charge in [0, 0.05) is 0 Å². The summed E-state index contributed by atoms with van der Waals surface area (Å²) in [5.41, 5.74) is 0. The fourth-order valence-electron chi connectivity index (χ4n) is 1.22. The van der Waals surface area contributed by atoms with E-state index in [1.54, 1.807) is 12.1 Å². The first-order valence-electron chi connectivity index (χ1n) is 4.58. The minimum absolute atomic E-state index is 0.147. The lowest BCUT2D eigenvalue weighted by Gasteiger charge is -2.10. The first-order chi connectivity index (χ1) is 7.68. The summed E-state index contributed by atoms with van der Waals surface area (Å²) in [5.74, 6) is 1.43. The van der Waals surface area contributed by atoms with E-state index in [4.69, 9.17) is 4.74 Å². The fraction of sp³-hybridized carbons (Fsp3) is 0. The summed E-state index contributed by atoms with van der Waals surface area (Å²) < 4.78 is 6.98. The third kappa shape index (κ3) is 2.39. The summed E-state index contributed by atoms with van der Waals surface area (Å²) in [7, 11) is 0. The van der Waals surface area contributed by atoms with Gasteiger partial charge < -0.3 is 9.84 Å². The van der Waals surface area contributed by atoms with E-state index in [0.29, 0.717) is 10.2 Å². The van der Waals surface area contributed by atoms with E-state index in [-0.39, 0.29) is 5.75 Å². The van der Waals surface area contributed by atoms with Crippen LogP contribution in [0.1, 0.15) is 0 Å². The fourth-order valence-corrected chi connectivity index (χ4v) is 2.33. The van der Waals surface area contributed by atoms with Crippen molar-refractivity contribution in [3.05, 3.63) is 51.4 Å². The van der Waals surface area contributed by atoms with Gasteiger partial charge in [-0.3, -0.25) is 0 Å². The number of aromatic hydroxyl groups is 1. The van der Waals surface area contributed by atoms with Crippen LogP contribution in [-0.4, -0.2) is 5.11 Å². The van der Waals surface area contributed by atoms with E-state index < -0.39 is 0 Å². The van der Waals surface area contributed by atoms with Gasteiger partial charge in [0.1, 0.15) is 16.0 Å². The van der Waals surface area contributed by atoms with Crippen LogP contribution in [0.5, 0.6) is 17.2 Å². The SMILES string of the molecule is Oc1ccc(Br)c(Oc2ccccc2)c1Br. The predicted octanol–water partition coefficient (Wildman–Crippen LogP) is 4.71. The van der Waals surface area contributed by atoms with Gasteiger partial charge in [0.05, 0.1) is 4.47 Å². The Balaban J connectivity index is 2.38. The molecule has 0 aliphatic rings. The Hall–Kier alpha value is -1.00. The lowest BCUT2D eigenvalue weighted by atomic mass is 10.3. The largest absolute Gasteiger partial charge is 0.507 e. The van der Waals surface area contributed by atoms with Gasteiger partial charge in [0.2, 0.25) is 0 Å². The van der Waals surface area contributed by atoms with Crippen LogP contribution in [0.3, 0.4) is 0 Å². The lowest BCUT2D eigenvalue weighted by Crippen LogP contribution is -1.86. The molecule has 2 aromatic rings. The van der Waals surface area contributed by atoms with Crippen LogP contribution in [0.2, 0.25) is 0 Å². The summed E-state index contributed by atoms with van der Waals surface area (Å²) in [4.78, 5) is 0. The number of hydrogen-bond donors (Lipinski definition) is 1. The van der Waals surface area contributed by atoms with Gasteiger partial charge in [-0.1, -0.05) is 18.2 Å². The molecule has 0 aliphatic carbocycles. The van der Waals surface area contributed by atoms with E-state index in [0.717, 1.165) is 10.2 Å². The molecule has 0 saturated heterocycles. The van der Waals surface area contributed by atoms with Crippen molar-refractivity contribution in [2.75, 3.05) is 0 Å². The van der Waals surface area contributed by atoms with Crippen LogP contribution in [0, 0.1) is 0 Å². The van der Waals surface area contributed by atoms with Gasteiger partial charge in [-0.2, -0.15) is 0 Å². The van der Waals surface area contributed by atoms with E-state index in [2.05, 4.69) is 31.9 Å². The smallest absolute Gasteiger partial charge is 0.159 e. The maximum atomic E-state index is 9.55. The van der Waals surface area contributed by atoms with E-state index >= 15 is 0 Å². The molecule has 0 fully saturated rings. The van der Waals surface area contributed by atoms with Crippen molar-refractivity contribution in [1.82, 2.24) is 0 Å². The number of halogens is 2. The molecule has 2 rings (SSSR count). The van der Waals surface area contributed by atoms with Crippen LogP contribution >= 0.6 is 31.9 Å². The summed E-state index contributed by atoms with van der Waals surface area (Å²) in [5, 5.41) is 9.55. The van der Waals surface area contributed by atoms with Crippen LogP contribution in [0.25, 0.3) is 0 Å². The van der Waals surface area contributed by atoms with E-state index in [1.807, 2.05) is 30.3 Å². The standard InChI is InChI=1S/C12H8Br2O2/c13-9-6-7-10(15)11(14)12(9)16-8-4-2-1-3-5-8/h1-7,15H. The van der Waals surface area contributed by atoms with Crippen molar-refractivity contribution < 1.29 is 9.84 Å². The number of ether oxygens (including phenoxy) is 1. The molecule has 0 atom stereocenters. The van der Waals surface area contributed by atoms with Gasteiger partial charge in [-0.15, -0.1) is 0 Å². The number of rotatable bonds is 2. The highest BCUT2D eigenvalue weighted by Crippen LogP contribution is 2.41. The molecule has 0 aromatic heterocycles. The second-order valence-electron chi connectivity index (χ2n) is 3.12. The number of para-hydroxylation sites is 1. The monoisotopic (exact) mass is 342 g/mol. The molecule has 1 N–H and O–H groups in total. The van der Waals surface area contributed by atoms with Crippen molar-refractivity contribution in [3.8, 4) is 17.2 Å². The van der Waals surface area contributed by atoms with Gasteiger partial charge in [-0.05, 0) is 56.1 Å². The molecule has 82 valence electrons. The molecule has 2 nitrogen and oxygen atoms in total. The summed E-state index contributed by atoms with van der Waals surface area (Å²) >= 11 is 6.66. The third-order valence-corrected chi connectivity index (χ3v) is 3.38. The van der Waals surface area contributed by atoms with Crippen LogP contribution in [-0.2, 0) is 0 Å². The minimum atomic E-state index is 0.147. The molecule has 0 heterocycles. The van der Waals surface area contributed by atoms with Crippen molar-refractivity contribution in [1.29, 1.82) is 0 Å². The molecular formula is C12H8Br2O2. The Bertz CT molecular complexity index is 498. The normalized spacial score (nSPS) is 10.1. The predicted molar refractivity (Wildman–Crippen MR) is 70.0 cm³/mol. The molecule has 0 radical (unpaired) electrons. The number of benzene rings is 2. The highest BCUT2D eigenvalue weighted by Gasteiger charge is 2.11. The van der Waals surface area contributed by atoms with Crippen molar-refractivity contribution in [2.24, 2.45) is 0 Å². The second-order valence-corrected chi connectivity index (χ2v) is 4.77. The highest BCUT2D eigenvalue weighted by atomic mass is 79.9. The van der Waals surface area contributed by atoms with Crippen molar-refractivity contribution in [3.63, 3.8) is 0 Å². The van der Waals surface area contributed by atoms with Crippen molar-refractivity contribution in [2.45, 2.75) is 0 Å². The molecular weight excluding hydrogens is 336 g/mol. The molecule has 4 heteroatoms. The summed E-state index contributed by atoms with van der Waals surface area (Å²) in [6.07, 6.45) is 0. The molecule has 2 aromatic carbocycles. The zero-order valence-corrected chi connectivity index (χ0v) is 11.3. The maximum Gasteiger partial charge on any atom is 0.159 e. The van der Waals surface area contributed by atoms with Crippen molar-refractivity contribution >= 4 is 31.9 Å². The molecule has 0 bridgehead atoms. The van der Waals surface area contributed by atoms with Gasteiger partial charge in [0.25, 0.3) is 0 Å². The van der Waals surface area contributed by atoms with Gasteiger partial charge >= 0.3 is 0 Å². The number of phenols is 1. The van der Waals surface area contributed by atoms with Gasteiger partial charge in [0.15, 0.2) is 5.75 Å². The van der Waals surface area contributed by atoms with E-state index in [9.17, 15) is 5.11 Å². The Morgan fingerprint density at radius 1 is 0.938 bits per heavy atom. The summed E-state index contributed by atoms with van der Waals surface area (Å²) in [6, 6.07) is 12.7. The second kappa shape index (κ2) is 4.89. The Morgan fingerprint density at radius 3 is 2.31 bits per heavy atom. The molecule has 16 heavy (non-hydrogen) atoms. The molecule has 0 unspecified atom stereocenters. The van der Waals surface area contributed by atoms with E-state index in [1.165, 1.54) is 0 Å². The minimum Gasteiger partial charge on any atom is -0.507 e. The first kappa shape index (κ1) is 11.5. The maximum absolute atomic E-state index is 9.55. The highest BCUT2D eigenvalue weighted by molar-refractivity contribution is 9.11. The summed E-state index contributed by atoms with van der Waals surface area (Å²) in [6.45, 7) is 0. The average Bonchev–Trinajstić information content (AvgIpc) is 2.31. The third-order valence-electron chi connectivity index (χ3n) is 1.99. The Labute approximate surface area is 110 Å². The quantitative estimate of drug-likeness (QED) is 0.855. The van der Waals surface area contributed by atoms with Crippen LogP contribution in [0.15, 0.2) is 51.4 Å². The first-order valence-corrected chi connectivity index (χ1v) is 6.17. The topological polar surface area (TPSA) is 29.5 Å². The van der Waals surface area contributed by atoms with Gasteiger partial charge in [-0.25, -0.2) is 0 Å². The van der Waals surface area contributed by atoms with Crippen LogP contribution < -0.4 is 4.74 Å². The number of phenolic OH excluding ortho intramolecular Hbond substituents is 1. The Morgan fingerprint density at radius 2 is 1.62 bits per heavy atom. The number of hydrogen-bond acceptors (Lipinski definition) is 2. The molecule has 0 saturated carbocycles. The zero-order valence-electron chi connectivity index (χ0n) is 8.15. The average molecular weight is 344 g/mol. The molecule has 0 amide bonds.